The van der Waals surface area contributed by atoms with E-state index in [-0.39, 0.29) is 12.0 Å². The molecule has 1 rings (SSSR count). The molecule has 3 nitrogen and oxygen atoms in total. The molecule has 1 atom stereocenters. The highest BCUT2D eigenvalue weighted by atomic mass is 35.5. The Morgan fingerprint density at radius 1 is 1.19 bits per heavy atom. The van der Waals surface area contributed by atoms with Gasteiger partial charge in [-0.05, 0) is 36.6 Å². The molecule has 0 aliphatic carbocycles. The third-order valence-corrected chi connectivity index (χ3v) is 4.77. The van der Waals surface area contributed by atoms with Gasteiger partial charge in [-0.25, -0.2) is 8.42 Å². The smallest absolute Gasteiger partial charge is 0.382 e. The van der Waals surface area contributed by atoms with E-state index < -0.39 is 20.2 Å². The molecule has 0 saturated heterocycles. The van der Waals surface area contributed by atoms with Crippen LogP contribution in [0.4, 0.5) is 18.9 Å². The third kappa shape index (κ3) is 4.51. The van der Waals surface area contributed by atoms with Crippen LogP contribution in [0.2, 0.25) is 0 Å². The minimum absolute atomic E-state index is 0.0626. The maximum atomic E-state index is 12.4. The van der Waals surface area contributed by atoms with E-state index in [0.29, 0.717) is 18.0 Å². The van der Waals surface area contributed by atoms with Gasteiger partial charge in [0.2, 0.25) is 0 Å². The Balaban J connectivity index is 2.93. The fourth-order valence-corrected chi connectivity index (χ4v) is 2.76. The number of hydrogen-bond donors (Lipinski definition) is 1. The Hall–Kier alpha value is -0.950. The summed E-state index contributed by atoms with van der Waals surface area (Å²) >= 11 is 5.70. The minimum Gasteiger partial charge on any atom is -0.382 e. The Morgan fingerprint density at radius 3 is 2.10 bits per heavy atom. The molecular weight excluding hydrogens is 327 g/mol. The Bertz CT molecular complexity index is 556. The van der Waals surface area contributed by atoms with Gasteiger partial charge in [-0.3, -0.25) is 0 Å². The largest absolute Gasteiger partial charge is 0.501 e. The highest BCUT2D eigenvalue weighted by Gasteiger charge is 2.46. The molecule has 1 N–H and O–H groups in total. The van der Waals surface area contributed by atoms with Gasteiger partial charge in [-0.2, -0.15) is 13.2 Å². The molecule has 0 heterocycles. The van der Waals surface area contributed by atoms with Gasteiger partial charge in [-0.15, -0.1) is 11.6 Å². The van der Waals surface area contributed by atoms with Gasteiger partial charge < -0.3 is 5.32 Å². The van der Waals surface area contributed by atoms with Crippen LogP contribution in [0, 0.1) is 5.92 Å². The molecule has 0 aliphatic rings. The van der Waals surface area contributed by atoms with Crippen molar-refractivity contribution in [2.45, 2.75) is 36.7 Å². The van der Waals surface area contributed by atoms with Gasteiger partial charge in [0, 0.05) is 17.6 Å². The second-order valence-electron chi connectivity index (χ2n) is 4.95. The second kappa shape index (κ2) is 6.87. The van der Waals surface area contributed by atoms with Gasteiger partial charge in [0.25, 0.3) is 9.84 Å². The van der Waals surface area contributed by atoms with Crippen molar-refractivity contribution in [3.05, 3.63) is 24.3 Å². The van der Waals surface area contributed by atoms with E-state index in [1.165, 1.54) is 12.1 Å². The molecule has 8 heteroatoms. The normalized spacial score (nSPS) is 14.2. The molecule has 1 aromatic rings. The summed E-state index contributed by atoms with van der Waals surface area (Å²) < 4.78 is 59.7. The first-order valence-corrected chi connectivity index (χ1v) is 8.35. The summed E-state index contributed by atoms with van der Waals surface area (Å²) in [6, 6.07) is 4.60. The molecule has 0 saturated carbocycles. The van der Waals surface area contributed by atoms with E-state index in [1.54, 1.807) is 0 Å². The Labute approximate surface area is 127 Å². The van der Waals surface area contributed by atoms with E-state index in [4.69, 9.17) is 11.6 Å². The Morgan fingerprint density at radius 2 is 1.71 bits per heavy atom. The SMILES string of the molecule is CC(C)C(CCCl)Nc1ccc(S(=O)(=O)C(F)(F)F)cc1. The first-order valence-electron chi connectivity index (χ1n) is 6.33. The molecule has 1 unspecified atom stereocenters. The number of benzene rings is 1. The molecule has 0 spiro atoms. The van der Waals surface area contributed by atoms with E-state index in [2.05, 4.69) is 5.32 Å². The zero-order valence-electron chi connectivity index (χ0n) is 11.6. The van der Waals surface area contributed by atoms with Gasteiger partial charge in [0.05, 0.1) is 4.90 Å². The summed E-state index contributed by atoms with van der Waals surface area (Å²) in [7, 11) is -5.30. The van der Waals surface area contributed by atoms with Crippen LogP contribution in [0.25, 0.3) is 0 Å². The molecule has 0 bridgehead atoms. The van der Waals surface area contributed by atoms with Crippen molar-refractivity contribution in [1.29, 1.82) is 0 Å². The van der Waals surface area contributed by atoms with Crippen LogP contribution in [0.1, 0.15) is 20.3 Å². The van der Waals surface area contributed by atoms with Crippen LogP contribution in [-0.2, 0) is 9.84 Å². The van der Waals surface area contributed by atoms with Crippen molar-refractivity contribution in [3.8, 4) is 0 Å². The average molecular weight is 344 g/mol. The molecule has 0 amide bonds. The molecule has 21 heavy (non-hydrogen) atoms. The number of sulfone groups is 1. The van der Waals surface area contributed by atoms with E-state index in [9.17, 15) is 21.6 Å². The van der Waals surface area contributed by atoms with Crippen LogP contribution < -0.4 is 5.32 Å². The number of anilines is 1. The monoisotopic (exact) mass is 343 g/mol. The van der Waals surface area contributed by atoms with Crippen molar-refractivity contribution in [2.24, 2.45) is 5.92 Å². The quantitative estimate of drug-likeness (QED) is 0.793. The van der Waals surface area contributed by atoms with Crippen LogP contribution >= 0.6 is 11.6 Å². The van der Waals surface area contributed by atoms with E-state index in [1.807, 2.05) is 13.8 Å². The van der Waals surface area contributed by atoms with E-state index in [0.717, 1.165) is 12.1 Å². The number of rotatable bonds is 6. The first-order chi connectivity index (χ1) is 9.59. The van der Waals surface area contributed by atoms with Crippen LogP contribution in [0.5, 0.6) is 0 Å². The highest BCUT2D eigenvalue weighted by molar-refractivity contribution is 7.92. The van der Waals surface area contributed by atoms with Crippen LogP contribution in [0.15, 0.2) is 29.2 Å². The molecule has 0 aromatic heterocycles. The predicted octanol–water partition coefficient (Wildman–Crippen LogP) is 4.05. The summed E-state index contributed by atoms with van der Waals surface area (Å²) in [5.41, 5.74) is -4.74. The second-order valence-corrected chi connectivity index (χ2v) is 7.27. The number of nitrogens with one attached hydrogen (secondary N) is 1. The van der Waals surface area contributed by atoms with Gasteiger partial charge >= 0.3 is 5.51 Å². The van der Waals surface area contributed by atoms with Crippen molar-refractivity contribution in [1.82, 2.24) is 0 Å². The van der Waals surface area contributed by atoms with Crippen molar-refractivity contribution >= 4 is 27.1 Å². The maximum Gasteiger partial charge on any atom is 0.501 e. The standard InChI is InChI=1S/C13H17ClF3NO2S/c1-9(2)12(7-8-14)18-10-3-5-11(6-4-10)21(19,20)13(15,16)17/h3-6,9,12,18H,7-8H2,1-2H3. The average Bonchev–Trinajstić information content (AvgIpc) is 2.37. The molecule has 120 valence electrons. The molecule has 0 radical (unpaired) electrons. The predicted molar refractivity (Wildman–Crippen MR) is 77.3 cm³/mol. The Kier molecular flexibility index (Phi) is 5.92. The third-order valence-electron chi connectivity index (χ3n) is 3.05. The van der Waals surface area contributed by atoms with Gasteiger partial charge in [-0.1, -0.05) is 13.8 Å². The summed E-state index contributed by atoms with van der Waals surface area (Å²) in [6.07, 6.45) is 0.696. The van der Waals surface area contributed by atoms with Crippen molar-refractivity contribution in [2.75, 3.05) is 11.2 Å². The summed E-state index contributed by atoms with van der Waals surface area (Å²) in [4.78, 5) is -0.765. The maximum absolute atomic E-state index is 12.4. The summed E-state index contributed by atoms with van der Waals surface area (Å²) in [5.74, 6) is 0.735. The summed E-state index contributed by atoms with van der Waals surface area (Å²) in [5, 5.41) is 3.14. The molecule has 0 fully saturated rings. The fraction of sp³-hybridized carbons (Fsp3) is 0.538. The zero-order chi connectivity index (χ0) is 16.3. The van der Waals surface area contributed by atoms with Crippen LogP contribution in [0.3, 0.4) is 0 Å². The zero-order valence-corrected chi connectivity index (χ0v) is 13.2. The summed E-state index contributed by atoms with van der Waals surface area (Å²) in [6.45, 7) is 3.99. The molecule has 0 aliphatic heterocycles. The lowest BCUT2D eigenvalue weighted by Gasteiger charge is -2.22. The lowest BCUT2D eigenvalue weighted by molar-refractivity contribution is -0.0436. The van der Waals surface area contributed by atoms with E-state index >= 15 is 0 Å². The lowest BCUT2D eigenvalue weighted by atomic mass is 10.0. The van der Waals surface area contributed by atoms with Crippen molar-refractivity contribution in [3.63, 3.8) is 0 Å². The number of alkyl halides is 4. The molecule has 1 aromatic carbocycles. The first kappa shape index (κ1) is 18.1. The number of halogens is 4. The highest BCUT2D eigenvalue weighted by Crippen LogP contribution is 2.30. The van der Waals surface area contributed by atoms with Crippen LogP contribution in [-0.4, -0.2) is 25.8 Å². The van der Waals surface area contributed by atoms with Crippen molar-refractivity contribution < 1.29 is 21.6 Å². The number of hydrogen-bond acceptors (Lipinski definition) is 3. The topological polar surface area (TPSA) is 46.2 Å². The van der Waals surface area contributed by atoms with Gasteiger partial charge in [0.1, 0.15) is 0 Å². The fourth-order valence-electron chi connectivity index (χ4n) is 1.77. The molecular formula is C13H17ClF3NO2S. The van der Waals surface area contributed by atoms with Gasteiger partial charge in [0.15, 0.2) is 0 Å². The lowest BCUT2D eigenvalue weighted by Crippen LogP contribution is -2.26. The minimum atomic E-state index is -5.30.